The van der Waals surface area contributed by atoms with Crippen LogP contribution in [0.1, 0.15) is 31.8 Å². The molecule has 4 aromatic carbocycles. The number of hydrogen-bond acceptors (Lipinski definition) is 2. The summed E-state index contributed by atoms with van der Waals surface area (Å²) in [5.41, 5.74) is 3.40. The average molecular weight is 736 g/mol. The molecule has 36 heavy (non-hydrogen) atoms. The van der Waals surface area contributed by atoms with Gasteiger partial charge in [0.05, 0.1) is 0 Å². The van der Waals surface area contributed by atoms with Crippen molar-refractivity contribution in [3.8, 4) is 0 Å². The van der Waals surface area contributed by atoms with Gasteiger partial charge in [0, 0.05) is 20.1 Å². The summed E-state index contributed by atoms with van der Waals surface area (Å²) in [5, 5.41) is 0. The van der Waals surface area contributed by atoms with Gasteiger partial charge in [0.2, 0.25) is 0 Å². The van der Waals surface area contributed by atoms with Crippen LogP contribution in [-0.4, -0.2) is 11.6 Å². The Morgan fingerprint density at radius 3 is 1.11 bits per heavy atom. The second-order valence-electron chi connectivity index (χ2n) is 7.17. The molecular formula is C30H24Br4O2. The molecule has 0 N–H and O–H groups in total. The molecule has 0 radical (unpaired) electrons. The van der Waals surface area contributed by atoms with Crippen molar-refractivity contribution in [3.63, 3.8) is 0 Å². The summed E-state index contributed by atoms with van der Waals surface area (Å²) in [4.78, 5) is 23.7. The molecule has 0 aliphatic heterocycles. The van der Waals surface area contributed by atoms with Crippen LogP contribution < -0.4 is 0 Å². The van der Waals surface area contributed by atoms with E-state index in [2.05, 4.69) is 31.9 Å². The highest BCUT2D eigenvalue weighted by Gasteiger charge is 2.01. The number of benzene rings is 4. The van der Waals surface area contributed by atoms with Crippen molar-refractivity contribution in [2.75, 3.05) is 0 Å². The van der Waals surface area contributed by atoms with E-state index < -0.39 is 0 Å². The molecule has 4 aromatic rings. The minimum atomic E-state index is 0. The van der Waals surface area contributed by atoms with Crippen LogP contribution in [0, 0.1) is 0 Å². The fraction of sp³-hybridized carbons (Fsp3) is 0. The maximum absolute atomic E-state index is 11.8. The third kappa shape index (κ3) is 10.3. The van der Waals surface area contributed by atoms with Gasteiger partial charge in [0.1, 0.15) is 0 Å². The molecule has 0 heterocycles. The van der Waals surface area contributed by atoms with Gasteiger partial charge in [-0.2, -0.15) is 0 Å². The number of allylic oxidation sites excluding steroid dienone is 2. The first kappa shape index (κ1) is 31.6. The molecule has 0 aliphatic rings. The molecule has 0 fully saturated rings. The Kier molecular flexibility index (Phi) is 15.1. The minimum Gasteiger partial charge on any atom is -0.289 e. The molecule has 0 spiro atoms. The zero-order valence-corrected chi connectivity index (χ0v) is 25.7. The summed E-state index contributed by atoms with van der Waals surface area (Å²) in [6, 6.07) is 34.1. The highest BCUT2D eigenvalue weighted by molar-refractivity contribution is 9.10. The van der Waals surface area contributed by atoms with Crippen molar-refractivity contribution in [1.82, 2.24) is 0 Å². The van der Waals surface area contributed by atoms with Gasteiger partial charge in [-0.3, -0.25) is 9.59 Å². The largest absolute Gasteiger partial charge is 0.289 e. The van der Waals surface area contributed by atoms with E-state index in [9.17, 15) is 9.59 Å². The van der Waals surface area contributed by atoms with E-state index in [0.29, 0.717) is 11.1 Å². The number of rotatable bonds is 6. The Hall–Kier alpha value is -2.38. The van der Waals surface area contributed by atoms with E-state index in [1.54, 1.807) is 12.2 Å². The molecule has 0 unspecified atom stereocenters. The zero-order chi connectivity index (χ0) is 24.2. The first-order valence-corrected chi connectivity index (χ1v) is 12.2. The minimum absolute atomic E-state index is 0. The Labute approximate surface area is 250 Å². The molecular weight excluding hydrogens is 712 g/mol. The van der Waals surface area contributed by atoms with Crippen LogP contribution in [0.2, 0.25) is 0 Å². The number of halogens is 4. The van der Waals surface area contributed by atoms with E-state index in [1.807, 2.05) is 121 Å². The first-order chi connectivity index (χ1) is 16.5. The summed E-state index contributed by atoms with van der Waals surface area (Å²) in [6.07, 6.45) is 6.82. The van der Waals surface area contributed by atoms with Gasteiger partial charge < -0.3 is 0 Å². The fourth-order valence-corrected chi connectivity index (χ4v) is 3.78. The lowest BCUT2D eigenvalue weighted by molar-refractivity contribution is 0.103. The van der Waals surface area contributed by atoms with Gasteiger partial charge in [-0.15, -0.1) is 34.0 Å². The molecule has 6 heteroatoms. The Morgan fingerprint density at radius 2 is 0.778 bits per heavy atom. The topological polar surface area (TPSA) is 34.1 Å². The molecule has 0 aromatic heterocycles. The van der Waals surface area contributed by atoms with E-state index in [4.69, 9.17) is 0 Å². The Morgan fingerprint density at radius 1 is 0.472 bits per heavy atom. The third-order valence-corrected chi connectivity index (χ3v) is 6.20. The van der Waals surface area contributed by atoms with Crippen LogP contribution in [0.4, 0.5) is 0 Å². The van der Waals surface area contributed by atoms with E-state index >= 15 is 0 Å². The van der Waals surface area contributed by atoms with Gasteiger partial charge in [-0.1, -0.05) is 129 Å². The summed E-state index contributed by atoms with van der Waals surface area (Å²) in [5.74, 6) is 0.0303. The van der Waals surface area contributed by atoms with Crippen LogP contribution in [0.25, 0.3) is 12.2 Å². The van der Waals surface area contributed by atoms with Gasteiger partial charge in [0.15, 0.2) is 11.6 Å². The van der Waals surface area contributed by atoms with Gasteiger partial charge in [0.25, 0.3) is 0 Å². The van der Waals surface area contributed by atoms with Crippen molar-refractivity contribution < 1.29 is 9.59 Å². The SMILES string of the molecule is Br.Br.O=C(/C=C\c1ccccc1Br)c1ccccc1.O=C(/C=C\c1ccccc1Br)c1ccccc1. The van der Waals surface area contributed by atoms with Crippen molar-refractivity contribution in [1.29, 1.82) is 0 Å². The predicted octanol–water partition coefficient (Wildman–Crippen LogP) is 9.85. The summed E-state index contributed by atoms with van der Waals surface area (Å²) in [7, 11) is 0. The lowest BCUT2D eigenvalue weighted by Gasteiger charge is -1.97. The molecule has 0 aliphatic carbocycles. The molecule has 4 rings (SSSR count). The number of ketones is 2. The molecule has 2 nitrogen and oxygen atoms in total. The van der Waals surface area contributed by atoms with Crippen molar-refractivity contribution in [2.45, 2.75) is 0 Å². The average Bonchev–Trinajstić information content (AvgIpc) is 2.89. The molecule has 0 saturated carbocycles. The second kappa shape index (κ2) is 17.1. The van der Waals surface area contributed by atoms with Crippen molar-refractivity contribution >= 4 is 89.5 Å². The maximum atomic E-state index is 11.8. The quantitative estimate of drug-likeness (QED) is 0.146. The van der Waals surface area contributed by atoms with Crippen LogP contribution in [-0.2, 0) is 0 Å². The summed E-state index contributed by atoms with van der Waals surface area (Å²) >= 11 is 6.88. The zero-order valence-electron chi connectivity index (χ0n) is 19.1. The van der Waals surface area contributed by atoms with E-state index in [1.165, 1.54) is 0 Å². The van der Waals surface area contributed by atoms with Crippen LogP contribution in [0.15, 0.2) is 130 Å². The fourth-order valence-electron chi connectivity index (χ4n) is 2.95. The first-order valence-electron chi connectivity index (χ1n) is 10.6. The summed E-state index contributed by atoms with van der Waals surface area (Å²) < 4.78 is 1.97. The lowest BCUT2D eigenvalue weighted by Crippen LogP contribution is -1.92. The van der Waals surface area contributed by atoms with Crippen molar-refractivity contribution in [3.05, 3.63) is 153 Å². The van der Waals surface area contributed by atoms with Gasteiger partial charge in [-0.05, 0) is 47.6 Å². The van der Waals surface area contributed by atoms with Gasteiger partial charge in [-0.25, -0.2) is 0 Å². The smallest absolute Gasteiger partial charge is 0.185 e. The standard InChI is InChI=1S/2C15H11BrO.2BrH/c2*16-14-9-5-4-6-12(14)10-11-15(17)13-7-2-1-3-8-13;;/h2*1-11H;2*1H/b2*11-10-;;. The van der Waals surface area contributed by atoms with Crippen LogP contribution in [0.3, 0.4) is 0 Å². The maximum Gasteiger partial charge on any atom is 0.185 e. The monoisotopic (exact) mass is 732 g/mol. The molecule has 0 saturated heterocycles. The van der Waals surface area contributed by atoms with Gasteiger partial charge >= 0.3 is 0 Å². The molecule has 0 bridgehead atoms. The number of hydrogen-bond donors (Lipinski definition) is 0. The molecule has 184 valence electrons. The van der Waals surface area contributed by atoms with E-state index in [0.717, 1.165) is 20.1 Å². The highest BCUT2D eigenvalue weighted by atomic mass is 79.9. The second-order valence-corrected chi connectivity index (χ2v) is 8.88. The van der Waals surface area contributed by atoms with E-state index in [-0.39, 0.29) is 45.5 Å². The predicted molar refractivity (Wildman–Crippen MR) is 169 cm³/mol. The summed E-state index contributed by atoms with van der Waals surface area (Å²) in [6.45, 7) is 0. The molecule has 0 atom stereocenters. The Balaban J connectivity index is 0.000000341. The number of carbonyl (C=O) groups excluding carboxylic acids is 2. The number of carbonyl (C=O) groups is 2. The molecule has 0 amide bonds. The van der Waals surface area contributed by atoms with Crippen molar-refractivity contribution in [2.24, 2.45) is 0 Å². The van der Waals surface area contributed by atoms with Crippen LogP contribution in [0.5, 0.6) is 0 Å². The normalized spacial score (nSPS) is 10.1. The lowest BCUT2D eigenvalue weighted by atomic mass is 10.1. The third-order valence-electron chi connectivity index (χ3n) is 4.76. The van der Waals surface area contributed by atoms with Crippen LogP contribution >= 0.6 is 65.8 Å². The Bertz CT molecular complexity index is 1200. The highest BCUT2D eigenvalue weighted by Crippen LogP contribution is 2.18.